The molecule has 0 rings (SSSR count). The highest BCUT2D eigenvalue weighted by atomic mass is 32.5. The van der Waals surface area contributed by atoms with Crippen LogP contribution in [0.25, 0.3) is 0 Å². The van der Waals surface area contributed by atoms with E-state index in [2.05, 4.69) is 28.0 Å². The summed E-state index contributed by atoms with van der Waals surface area (Å²) in [4.78, 5) is 26.3. The molecule has 0 saturated carbocycles. The molecule has 0 radical (unpaired) electrons. The number of hydrazine groups is 1. The van der Waals surface area contributed by atoms with E-state index >= 15 is 0 Å². The van der Waals surface area contributed by atoms with Crippen LogP contribution in [0.3, 0.4) is 0 Å². The Morgan fingerprint density at radius 3 is 1.90 bits per heavy atom. The van der Waals surface area contributed by atoms with Crippen LogP contribution in [0, 0.1) is 0 Å². The van der Waals surface area contributed by atoms with E-state index < -0.39 is 12.7 Å². The van der Waals surface area contributed by atoms with Crippen molar-refractivity contribution in [3.63, 3.8) is 0 Å². The largest absolute Gasteiger partial charge is 0.392 e. The summed E-state index contributed by atoms with van der Waals surface area (Å²) in [7, 11) is 0. The Bertz CT molecular complexity index is 144. The number of nitrogens with two attached hydrogens (primary N) is 2. The quantitative estimate of drug-likeness (QED) is 0.226. The average Bonchev–Trinajstić information content (AvgIpc) is 1.64. The van der Waals surface area contributed by atoms with Crippen molar-refractivity contribution >= 4 is 24.5 Å². The molecule has 0 unspecified atom stereocenters. The van der Waals surface area contributed by atoms with E-state index in [4.69, 9.17) is 9.79 Å². The fourth-order valence-corrected chi connectivity index (χ4v) is 0.817. The normalized spacial score (nSPS) is 9.30. The molecule has 6 N–H and O–H groups in total. The third-order valence-electron chi connectivity index (χ3n) is 0.247. The molecule has 0 aromatic carbocycles. The molecule has 0 aromatic rings. The zero-order valence-corrected chi connectivity index (χ0v) is 6.93. The third-order valence-corrected chi connectivity index (χ3v) is 0.966. The van der Waals surface area contributed by atoms with Crippen molar-refractivity contribution in [2.75, 3.05) is 0 Å². The van der Waals surface area contributed by atoms with Crippen molar-refractivity contribution in [3.8, 4) is 0 Å². The van der Waals surface area contributed by atoms with E-state index in [0.29, 0.717) is 0 Å². The first kappa shape index (κ1) is 12.6. The van der Waals surface area contributed by atoms with Gasteiger partial charge in [0, 0.05) is 18.7 Å². The summed E-state index contributed by atoms with van der Waals surface area (Å²) in [6.07, 6.45) is 0. The molecule has 0 aliphatic carbocycles. The Hall–Kier alpha value is -0.0400. The van der Waals surface area contributed by atoms with Gasteiger partial charge in [0.05, 0.1) is 0 Å². The van der Waals surface area contributed by atoms with Crippen LogP contribution in [-0.4, -0.2) is 15.8 Å². The summed E-state index contributed by atoms with van der Waals surface area (Å²) in [6.45, 7) is -2.69. The lowest BCUT2D eigenvalue weighted by molar-refractivity contribution is -0.132. The Labute approximate surface area is 63.0 Å². The van der Waals surface area contributed by atoms with Crippen LogP contribution in [-0.2, 0) is 21.1 Å². The molecule has 8 heteroatoms. The minimum Gasteiger partial charge on any atom is -0.392 e. The van der Waals surface area contributed by atoms with Gasteiger partial charge in [-0.25, -0.2) is 0 Å². The number of carbonyl (C=O) groups excluding carboxylic acids is 1. The van der Waals surface area contributed by atoms with Gasteiger partial charge in [0.15, 0.2) is 0 Å². The van der Waals surface area contributed by atoms with Gasteiger partial charge in [0.1, 0.15) is 0 Å². The Morgan fingerprint density at radius 1 is 1.60 bits per heavy atom. The molecular weight excluding hydrogens is 179 g/mol. The van der Waals surface area contributed by atoms with Crippen molar-refractivity contribution in [2.45, 2.75) is 6.92 Å². The minimum atomic E-state index is -3.74. The second-order valence-electron chi connectivity index (χ2n) is 1.07. The molecule has 0 fully saturated rings. The Kier molecular flexibility index (Phi) is 7.22. The molecule has 6 nitrogen and oxygen atoms in total. The Balaban J connectivity index is 0. The first-order chi connectivity index (χ1) is 4.42. The molecular formula is C2H9N2O4PS. The standard InChI is InChI=1S/C2H5O4PS.H4N2/c1-2(3)6-7(4,5)8;1-2/h1H3,(H2,4,5,8);1-2H2. The smallest absolute Gasteiger partial charge is 0.377 e. The summed E-state index contributed by atoms with van der Waals surface area (Å²) in [5, 5.41) is 0. The summed E-state index contributed by atoms with van der Waals surface area (Å²) >= 11 is 3.94. The highest BCUT2D eigenvalue weighted by Gasteiger charge is 2.09. The molecule has 0 heterocycles. The minimum absolute atomic E-state index is 0.779. The average molecular weight is 188 g/mol. The summed E-state index contributed by atoms with van der Waals surface area (Å²) in [5.41, 5.74) is 0. The predicted octanol–water partition coefficient (Wildman–Crippen LogP) is -1.42. The van der Waals surface area contributed by atoms with Gasteiger partial charge in [-0.15, -0.1) is 0 Å². The lowest BCUT2D eigenvalue weighted by atomic mass is 10.9. The van der Waals surface area contributed by atoms with Crippen LogP contribution < -0.4 is 11.7 Å². The second kappa shape index (κ2) is 5.72. The molecule has 0 aliphatic rings. The highest BCUT2D eigenvalue weighted by molar-refractivity contribution is 8.06. The summed E-state index contributed by atoms with van der Waals surface area (Å²) in [5.74, 6) is 7.22. The van der Waals surface area contributed by atoms with E-state index in [1.807, 2.05) is 0 Å². The number of hydrogen-bond acceptors (Lipinski definition) is 5. The molecule has 0 spiro atoms. The zero-order chi connectivity index (χ0) is 8.78. The van der Waals surface area contributed by atoms with Crippen LogP contribution in [0.2, 0.25) is 0 Å². The summed E-state index contributed by atoms with van der Waals surface area (Å²) in [6, 6.07) is 0. The van der Waals surface area contributed by atoms with Gasteiger partial charge in [-0.1, -0.05) is 0 Å². The second-order valence-corrected chi connectivity index (χ2v) is 3.66. The van der Waals surface area contributed by atoms with Gasteiger partial charge in [-0.2, -0.15) is 0 Å². The molecule has 0 aliphatic heterocycles. The molecule has 0 bridgehead atoms. The van der Waals surface area contributed by atoms with Gasteiger partial charge in [-0.3, -0.25) is 16.5 Å². The van der Waals surface area contributed by atoms with Crippen LogP contribution in [0.4, 0.5) is 0 Å². The van der Waals surface area contributed by atoms with Crippen molar-refractivity contribution in [3.05, 3.63) is 0 Å². The van der Waals surface area contributed by atoms with Gasteiger partial charge in [0.25, 0.3) is 0 Å². The van der Waals surface area contributed by atoms with Crippen molar-refractivity contribution in [2.24, 2.45) is 11.7 Å². The third kappa shape index (κ3) is 15.7. The van der Waals surface area contributed by atoms with Crippen LogP contribution in [0.1, 0.15) is 6.92 Å². The predicted molar refractivity (Wildman–Crippen MR) is 38.9 cm³/mol. The van der Waals surface area contributed by atoms with Gasteiger partial charge in [0.2, 0.25) is 0 Å². The maximum absolute atomic E-state index is 9.88. The first-order valence-corrected chi connectivity index (χ1v) is 4.63. The highest BCUT2D eigenvalue weighted by Crippen LogP contribution is 2.35. The topological polar surface area (TPSA) is 119 Å². The van der Waals surface area contributed by atoms with Gasteiger partial charge >= 0.3 is 12.7 Å². The SMILES string of the molecule is CC(=O)OP(O)(O)=S.NN. The van der Waals surface area contributed by atoms with E-state index in [1.165, 1.54) is 0 Å². The number of carbonyl (C=O) groups is 1. The van der Waals surface area contributed by atoms with Crippen LogP contribution in [0.5, 0.6) is 0 Å². The molecule has 0 amide bonds. The van der Waals surface area contributed by atoms with E-state index in [9.17, 15) is 4.79 Å². The van der Waals surface area contributed by atoms with Crippen molar-refractivity contribution in [1.29, 1.82) is 0 Å². The van der Waals surface area contributed by atoms with E-state index in [0.717, 1.165) is 6.92 Å². The fraction of sp³-hybridized carbons (Fsp3) is 0.500. The van der Waals surface area contributed by atoms with Crippen LogP contribution in [0.15, 0.2) is 0 Å². The van der Waals surface area contributed by atoms with Crippen LogP contribution >= 0.6 is 6.72 Å². The molecule has 0 aromatic heterocycles. The first-order valence-electron chi connectivity index (χ1n) is 2.01. The lowest BCUT2D eigenvalue weighted by Gasteiger charge is -2.03. The molecule has 62 valence electrons. The van der Waals surface area contributed by atoms with Crippen molar-refractivity contribution in [1.82, 2.24) is 0 Å². The maximum Gasteiger partial charge on any atom is 0.377 e. The lowest BCUT2D eigenvalue weighted by Crippen LogP contribution is -2.02. The fourth-order valence-electron chi connectivity index (χ4n) is 0.167. The number of rotatable bonds is 1. The Morgan fingerprint density at radius 2 is 1.90 bits per heavy atom. The van der Waals surface area contributed by atoms with Gasteiger partial charge in [-0.05, 0) is 0 Å². The van der Waals surface area contributed by atoms with Gasteiger partial charge < -0.3 is 14.3 Å². The maximum atomic E-state index is 9.88. The molecule has 0 atom stereocenters. The number of hydrogen-bond donors (Lipinski definition) is 4. The zero-order valence-electron chi connectivity index (χ0n) is 5.22. The van der Waals surface area contributed by atoms with E-state index in [1.54, 1.807) is 0 Å². The van der Waals surface area contributed by atoms with E-state index in [-0.39, 0.29) is 0 Å². The molecule has 0 saturated heterocycles. The summed E-state index contributed by atoms with van der Waals surface area (Å²) < 4.78 is 3.84. The monoisotopic (exact) mass is 188 g/mol. The molecule has 10 heavy (non-hydrogen) atoms. The van der Waals surface area contributed by atoms with Crippen molar-refractivity contribution < 1.29 is 19.1 Å².